The zero-order valence-corrected chi connectivity index (χ0v) is 17.2. The van der Waals surface area contributed by atoms with Crippen molar-refractivity contribution in [3.8, 4) is 0 Å². The highest BCUT2D eigenvalue weighted by atomic mass is 19.4. The molecule has 11 heteroatoms. The van der Waals surface area contributed by atoms with Crippen LogP contribution in [-0.2, 0) is 14.3 Å². The third-order valence-corrected chi connectivity index (χ3v) is 6.22. The molecule has 0 atom stereocenters. The fourth-order valence-corrected chi connectivity index (χ4v) is 4.37. The highest BCUT2D eigenvalue weighted by Crippen LogP contribution is 2.41. The number of ether oxygens (including phenoxy) is 1. The molecule has 0 aromatic carbocycles. The van der Waals surface area contributed by atoms with Crippen LogP contribution in [0.25, 0.3) is 0 Å². The predicted octanol–water partition coefficient (Wildman–Crippen LogP) is 2.36. The topological polar surface area (TPSA) is 95.9 Å². The predicted molar refractivity (Wildman–Crippen MR) is 104 cm³/mol. The van der Waals surface area contributed by atoms with Crippen LogP contribution >= 0.6 is 0 Å². The molecule has 1 N–H and O–H groups in total. The number of likely N-dealkylation sites (tertiary alicyclic amines) is 1. The quantitative estimate of drug-likeness (QED) is 0.748. The minimum absolute atomic E-state index is 0.186. The Morgan fingerprint density at radius 3 is 2.16 bits per heavy atom. The molecule has 1 aromatic heterocycles. The molecule has 3 fully saturated rings. The van der Waals surface area contributed by atoms with Crippen molar-refractivity contribution >= 4 is 17.8 Å². The molecule has 1 amide bonds. The monoisotopic (exact) mass is 444 g/mol. The van der Waals surface area contributed by atoms with Crippen LogP contribution in [0.2, 0.25) is 0 Å². The smallest absolute Gasteiger partial charge is 0.475 e. The maximum atomic E-state index is 12.7. The summed E-state index contributed by atoms with van der Waals surface area (Å²) in [7, 11) is 0. The molecule has 1 aromatic rings. The summed E-state index contributed by atoms with van der Waals surface area (Å²) in [4.78, 5) is 34.7. The normalized spacial score (nSPS) is 21.5. The first-order chi connectivity index (χ1) is 14.7. The van der Waals surface area contributed by atoms with Gasteiger partial charge in [0.1, 0.15) is 0 Å². The number of anilines is 1. The van der Waals surface area contributed by atoms with Gasteiger partial charge in [-0.25, -0.2) is 14.8 Å². The van der Waals surface area contributed by atoms with Crippen molar-refractivity contribution in [2.24, 2.45) is 11.3 Å². The number of carbonyl (C=O) groups excluding carboxylic acids is 1. The molecule has 1 spiro atoms. The summed E-state index contributed by atoms with van der Waals surface area (Å²) < 4.78 is 37.1. The lowest BCUT2D eigenvalue weighted by Crippen LogP contribution is -2.47. The summed E-state index contributed by atoms with van der Waals surface area (Å²) in [5.74, 6) is -1.37. The van der Waals surface area contributed by atoms with Gasteiger partial charge in [0.25, 0.3) is 0 Å². The number of alkyl halides is 3. The second-order valence-corrected chi connectivity index (χ2v) is 8.24. The van der Waals surface area contributed by atoms with E-state index in [0.717, 1.165) is 71.0 Å². The Hall–Kier alpha value is -2.43. The van der Waals surface area contributed by atoms with E-state index < -0.39 is 12.1 Å². The molecule has 0 unspecified atom stereocenters. The van der Waals surface area contributed by atoms with Gasteiger partial charge in [-0.2, -0.15) is 13.2 Å². The molecular formula is C20H27F3N4O4. The molecule has 4 rings (SSSR count). The van der Waals surface area contributed by atoms with Crippen LogP contribution in [-0.4, -0.2) is 77.4 Å². The van der Waals surface area contributed by atoms with Gasteiger partial charge in [0, 0.05) is 57.7 Å². The van der Waals surface area contributed by atoms with Crippen molar-refractivity contribution in [1.82, 2.24) is 14.9 Å². The summed E-state index contributed by atoms with van der Waals surface area (Å²) in [6.07, 6.45) is 3.70. The molecule has 31 heavy (non-hydrogen) atoms. The highest BCUT2D eigenvalue weighted by Gasteiger charge is 2.42. The third kappa shape index (κ3) is 6.05. The second kappa shape index (κ2) is 9.80. The number of hydrogen-bond acceptors (Lipinski definition) is 6. The minimum atomic E-state index is -5.08. The number of carboxylic acid groups (broad SMARTS) is 1. The number of aliphatic carboxylic acids is 1. The van der Waals surface area contributed by atoms with Crippen LogP contribution in [0.5, 0.6) is 0 Å². The highest BCUT2D eigenvalue weighted by molar-refractivity contribution is 5.79. The fourth-order valence-electron chi connectivity index (χ4n) is 4.37. The van der Waals surface area contributed by atoms with Crippen molar-refractivity contribution in [1.29, 1.82) is 0 Å². The lowest BCUT2D eigenvalue weighted by atomic mass is 9.77. The fraction of sp³-hybridized carbons (Fsp3) is 0.700. The number of nitrogens with zero attached hydrogens (tertiary/aromatic N) is 4. The number of piperidine rings is 1. The van der Waals surface area contributed by atoms with Crippen LogP contribution in [0.1, 0.15) is 32.1 Å². The molecule has 8 nitrogen and oxygen atoms in total. The molecule has 4 heterocycles. The lowest BCUT2D eigenvalue weighted by molar-refractivity contribution is -0.192. The van der Waals surface area contributed by atoms with Crippen molar-refractivity contribution in [3.63, 3.8) is 0 Å². The molecule has 0 radical (unpaired) electrons. The molecule has 0 bridgehead atoms. The number of amides is 1. The summed E-state index contributed by atoms with van der Waals surface area (Å²) in [6.45, 7) is 5.33. The zero-order chi connectivity index (χ0) is 22.5. The number of halogens is 3. The van der Waals surface area contributed by atoms with E-state index in [2.05, 4.69) is 19.8 Å². The van der Waals surface area contributed by atoms with E-state index in [-0.39, 0.29) is 5.92 Å². The Labute approximate surface area is 178 Å². The standard InChI is InChI=1S/C18H26N4O2.C2HF3O2/c23-16(15-2-12-24-13-3-15)21-9-4-18(5-10-21)6-11-22(14-18)17-19-7-1-8-20-17;3-2(4,5)1(6)7/h1,7-8,15H,2-6,9-14H2;(H,6,7). The Morgan fingerprint density at radius 2 is 1.61 bits per heavy atom. The van der Waals surface area contributed by atoms with Gasteiger partial charge in [0.05, 0.1) is 0 Å². The van der Waals surface area contributed by atoms with Crippen LogP contribution in [0.4, 0.5) is 19.1 Å². The SMILES string of the molecule is O=C(C1CCOCC1)N1CCC2(CC1)CCN(c1ncccn1)C2.O=C(O)C(F)(F)F. The van der Waals surface area contributed by atoms with Crippen molar-refractivity contribution < 1.29 is 32.6 Å². The summed E-state index contributed by atoms with van der Waals surface area (Å²) in [6, 6.07) is 1.86. The van der Waals surface area contributed by atoms with E-state index in [9.17, 15) is 18.0 Å². The van der Waals surface area contributed by atoms with Gasteiger partial charge in [0.15, 0.2) is 0 Å². The van der Waals surface area contributed by atoms with E-state index in [4.69, 9.17) is 14.6 Å². The number of carboxylic acids is 1. The number of carbonyl (C=O) groups is 2. The van der Waals surface area contributed by atoms with Gasteiger partial charge in [-0.3, -0.25) is 4.79 Å². The third-order valence-electron chi connectivity index (χ3n) is 6.22. The largest absolute Gasteiger partial charge is 0.490 e. The van der Waals surface area contributed by atoms with Gasteiger partial charge < -0.3 is 19.6 Å². The maximum absolute atomic E-state index is 12.7. The number of rotatable bonds is 2. The van der Waals surface area contributed by atoms with E-state index in [0.29, 0.717) is 11.3 Å². The molecule has 3 saturated heterocycles. The number of hydrogen-bond donors (Lipinski definition) is 1. The van der Waals surface area contributed by atoms with Crippen LogP contribution in [0.15, 0.2) is 18.5 Å². The Bertz CT molecular complexity index is 749. The maximum Gasteiger partial charge on any atom is 0.490 e. The van der Waals surface area contributed by atoms with Crippen LogP contribution in [0.3, 0.4) is 0 Å². The van der Waals surface area contributed by atoms with Crippen LogP contribution in [0, 0.1) is 11.3 Å². The minimum Gasteiger partial charge on any atom is -0.475 e. The van der Waals surface area contributed by atoms with E-state index >= 15 is 0 Å². The first-order valence-electron chi connectivity index (χ1n) is 10.4. The number of aromatic nitrogens is 2. The van der Waals surface area contributed by atoms with E-state index in [1.165, 1.54) is 6.42 Å². The molecule has 172 valence electrons. The molecule has 0 aliphatic carbocycles. The molecule has 0 saturated carbocycles. The second-order valence-electron chi connectivity index (χ2n) is 8.24. The van der Waals surface area contributed by atoms with Gasteiger partial charge in [-0.1, -0.05) is 0 Å². The zero-order valence-electron chi connectivity index (χ0n) is 17.2. The van der Waals surface area contributed by atoms with Crippen molar-refractivity contribution in [2.75, 3.05) is 44.3 Å². The Kier molecular flexibility index (Phi) is 7.34. The van der Waals surface area contributed by atoms with E-state index in [1.807, 2.05) is 18.5 Å². The first-order valence-corrected chi connectivity index (χ1v) is 10.4. The van der Waals surface area contributed by atoms with Crippen molar-refractivity contribution in [3.05, 3.63) is 18.5 Å². The van der Waals surface area contributed by atoms with E-state index in [1.54, 1.807) is 0 Å². The Balaban J connectivity index is 0.000000339. The van der Waals surface area contributed by atoms with Gasteiger partial charge in [-0.15, -0.1) is 0 Å². The molecule has 3 aliphatic heterocycles. The lowest BCUT2D eigenvalue weighted by Gasteiger charge is -2.40. The molecule has 3 aliphatic rings. The average Bonchev–Trinajstić information content (AvgIpc) is 3.18. The van der Waals surface area contributed by atoms with Crippen molar-refractivity contribution in [2.45, 2.75) is 38.3 Å². The first kappa shape index (κ1) is 23.2. The van der Waals surface area contributed by atoms with Gasteiger partial charge in [0.2, 0.25) is 11.9 Å². The van der Waals surface area contributed by atoms with Gasteiger partial charge >= 0.3 is 12.1 Å². The van der Waals surface area contributed by atoms with Gasteiger partial charge in [-0.05, 0) is 43.6 Å². The Morgan fingerprint density at radius 1 is 1.06 bits per heavy atom. The summed E-state index contributed by atoms with van der Waals surface area (Å²) >= 11 is 0. The summed E-state index contributed by atoms with van der Waals surface area (Å²) in [5, 5.41) is 7.12. The van der Waals surface area contributed by atoms with Crippen LogP contribution < -0.4 is 4.90 Å². The average molecular weight is 444 g/mol. The summed E-state index contributed by atoms with van der Waals surface area (Å²) in [5.41, 5.74) is 0.339. The molecular weight excluding hydrogens is 417 g/mol.